The van der Waals surface area contributed by atoms with Gasteiger partial charge >= 0.3 is 0 Å². The lowest BCUT2D eigenvalue weighted by atomic mass is 10.0. The van der Waals surface area contributed by atoms with Gasteiger partial charge in [0.25, 0.3) is 5.91 Å². The number of imide groups is 1. The molecule has 3 aliphatic heterocycles. The molecule has 8 heteroatoms. The molecule has 1 unspecified atom stereocenters. The van der Waals surface area contributed by atoms with Gasteiger partial charge in [-0.1, -0.05) is 0 Å². The van der Waals surface area contributed by atoms with Crippen molar-refractivity contribution in [2.75, 3.05) is 31.1 Å². The summed E-state index contributed by atoms with van der Waals surface area (Å²) in [5.41, 5.74) is 1.94. The average molecular weight is 360 g/mol. The predicted octanol–water partition coefficient (Wildman–Crippen LogP) is 0.305. The lowest BCUT2D eigenvalue weighted by molar-refractivity contribution is -0.136. The number of hydrogen-bond acceptors (Lipinski definition) is 5. The summed E-state index contributed by atoms with van der Waals surface area (Å²) in [6.45, 7) is 4.86. The van der Waals surface area contributed by atoms with Gasteiger partial charge in [0, 0.05) is 38.2 Å². The van der Waals surface area contributed by atoms with Crippen LogP contribution >= 0.6 is 0 Å². The SMILES string of the molecule is Cc1cc(N2CCNCC2)c(F)c2c1C(=O)N(C1CCC(=O)NC1=O)C2. The minimum Gasteiger partial charge on any atom is -0.367 e. The number of amides is 3. The standard InChI is InChI=1S/C18H21FN4O3/c1-10-8-13(22-6-4-20-5-7-22)16(19)11-9-23(18(26)15(10)11)12-2-3-14(24)21-17(12)25/h8,12,20H,2-7,9H2,1H3,(H,21,24,25). The van der Waals surface area contributed by atoms with Crippen molar-refractivity contribution in [3.63, 3.8) is 0 Å². The molecule has 0 spiro atoms. The number of nitrogens with zero attached hydrogens (tertiary/aromatic N) is 2. The van der Waals surface area contributed by atoms with E-state index in [1.807, 2.05) is 4.90 Å². The molecule has 2 fully saturated rings. The van der Waals surface area contributed by atoms with Crippen LogP contribution in [0.15, 0.2) is 6.07 Å². The van der Waals surface area contributed by atoms with Crippen molar-refractivity contribution in [1.82, 2.24) is 15.5 Å². The van der Waals surface area contributed by atoms with Gasteiger partial charge in [-0.2, -0.15) is 0 Å². The first-order valence-electron chi connectivity index (χ1n) is 8.89. The fourth-order valence-corrected chi connectivity index (χ4v) is 4.04. The smallest absolute Gasteiger partial charge is 0.255 e. The maximum absolute atomic E-state index is 15.2. The van der Waals surface area contributed by atoms with Crippen molar-refractivity contribution in [2.45, 2.75) is 32.4 Å². The van der Waals surface area contributed by atoms with Gasteiger partial charge in [-0.25, -0.2) is 4.39 Å². The van der Waals surface area contributed by atoms with Crippen LogP contribution < -0.4 is 15.5 Å². The molecule has 2 N–H and O–H groups in total. The van der Waals surface area contributed by atoms with Crippen molar-refractivity contribution >= 4 is 23.4 Å². The number of benzene rings is 1. The lowest BCUT2D eigenvalue weighted by Gasteiger charge is -2.30. The van der Waals surface area contributed by atoms with Crippen molar-refractivity contribution in [2.24, 2.45) is 0 Å². The van der Waals surface area contributed by atoms with Crippen molar-refractivity contribution in [3.05, 3.63) is 28.6 Å². The van der Waals surface area contributed by atoms with E-state index in [2.05, 4.69) is 10.6 Å². The number of carbonyl (C=O) groups excluding carboxylic acids is 3. The van der Waals surface area contributed by atoms with Gasteiger partial charge in [0.05, 0.1) is 17.8 Å². The van der Waals surface area contributed by atoms with Crippen molar-refractivity contribution in [3.8, 4) is 0 Å². The second-order valence-corrected chi connectivity index (χ2v) is 7.02. The number of piperidine rings is 1. The number of carbonyl (C=O) groups is 3. The highest BCUT2D eigenvalue weighted by Gasteiger charge is 2.41. The van der Waals surface area contributed by atoms with Crippen LogP contribution in [0.4, 0.5) is 10.1 Å². The highest BCUT2D eigenvalue weighted by Crippen LogP contribution is 2.36. The zero-order valence-electron chi connectivity index (χ0n) is 14.6. The Kier molecular flexibility index (Phi) is 4.14. The van der Waals surface area contributed by atoms with Crippen LogP contribution in [0.1, 0.15) is 34.3 Å². The van der Waals surface area contributed by atoms with Gasteiger partial charge in [-0.3, -0.25) is 19.7 Å². The summed E-state index contributed by atoms with van der Waals surface area (Å²) in [5.74, 6) is -1.53. The third-order valence-corrected chi connectivity index (χ3v) is 5.39. The molecule has 1 aromatic carbocycles. The minimum atomic E-state index is -0.728. The maximum atomic E-state index is 15.2. The van der Waals surface area contributed by atoms with Crippen LogP contribution in [0.2, 0.25) is 0 Å². The number of aryl methyl sites for hydroxylation is 1. The summed E-state index contributed by atoms with van der Waals surface area (Å²) >= 11 is 0. The highest BCUT2D eigenvalue weighted by molar-refractivity contribution is 6.06. The molecule has 1 aromatic rings. The van der Waals surface area contributed by atoms with Crippen LogP contribution in [-0.2, 0) is 16.1 Å². The van der Waals surface area contributed by atoms with Crippen molar-refractivity contribution in [1.29, 1.82) is 0 Å². The predicted molar refractivity (Wildman–Crippen MR) is 92.3 cm³/mol. The van der Waals surface area contributed by atoms with Gasteiger partial charge in [0.1, 0.15) is 6.04 Å². The van der Waals surface area contributed by atoms with E-state index in [0.717, 1.165) is 18.7 Å². The zero-order valence-corrected chi connectivity index (χ0v) is 14.6. The zero-order chi connectivity index (χ0) is 18.4. The third kappa shape index (κ3) is 2.65. The molecule has 4 rings (SSSR count). The summed E-state index contributed by atoms with van der Waals surface area (Å²) in [6, 6.07) is 1.000. The minimum absolute atomic E-state index is 0.0625. The third-order valence-electron chi connectivity index (χ3n) is 5.39. The van der Waals surface area contributed by atoms with E-state index in [9.17, 15) is 14.4 Å². The molecule has 3 heterocycles. The molecular formula is C18H21FN4O3. The summed E-state index contributed by atoms with van der Waals surface area (Å²) in [5, 5.41) is 5.50. The molecule has 0 radical (unpaired) electrons. The van der Waals surface area contributed by atoms with Crippen LogP contribution in [0.3, 0.4) is 0 Å². The van der Waals surface area contributed by atoms with E-state index in [-0.39, 0.29) is 37.0 Å². The van der Waals surface area contributed by atoms with E-state index < -0.39 is 11.9 Å². The Hall–Kier alpha value is -2.48. The Bertz CT molecular complexity index is 804. The largest absolute Gasteiger partial charge is 0.367 e. The Morgan fingerprint density at radius 1 is 1.19 bits per heavy atom. The number of halogens is 1. The van der Waals surface area contributed by atoms with Gasteiger partial charge in [0.2, 0.25) is 11.8 Å². The molecular weight excluding hydrogens is 339 g/mol. The summed E-state index contributed by atoms with van der Waals surface area (Å²) in [6.07, 6.45) is 0.458. The maximum Gasteiger partial charge on any atom is 0.255 e. The number of hydrogen-bond donors (Lipinski definition) is 2. The Morgan fingerprint density at radius 3 is 2.62 bits per heavy atom. The fraction of sp³-hybridized carbons (Fsp3) is 0.500. The number of nitrogens with one attached hydrogen (secondary N) is 2. The lowest BCUT2D eigenvalue weighted by Crippen LogP contribution is -2.52. The first kappa shape index (κ1) is 17.0. The summed E-state index contributed by atoms with van der Waals surface area (Å²) < 4.78 is 15.2. The van der Waals surface area contributed by atoms with E-state index in [0.29, 0.717) is 29.9 Å². The second kappa shape index (κ2) is 6.35. The first-order chi connectivity index (χ1) is 12.5. The van der Waals surface area contributed by atoms with E-state index in [1.54, 1.807) is 13.0 Å². The molecule has 3 amide bonds. The van der Waals surface area contributed by atoms with Crippen LogP contribution in [0.25, 0.3) is 0 Å². The van der Waals surface area contributed by atoms with Gasteiger partial charge < -0.3 is 15.1 Å². The normalized spacial score (nSPS) is 23.3. The molecule has 7 nitrogen and oxygen atoms in total. The Morgan fingerprint density at radius 2 is 1.92 bits per heavy atom. The molecule has 138 valence electrons. The molecule has 3 aliphatic rings. The Balaban J connectivity index is 1.67. The monoisotopic (exact) mass is 360 g/mol. The average Bonchev–Trinajstić information content (AvgIpc) is 2.97. The molecule has 0 bridgehead atoms. The number of piperazine rings is 1. The van der Waals surface area contributed by atoms with Gasteiger partial charge in [-0.15, -0.1) is 0 Å². The second-order valence-electron chi connectivity index (χ2n) is 7.02. The quantitative estimate of drug-likeness (QED) is 0.742. The summed E-state index contributed by atoms with van der Waals surface area (Å²) in [4.78, 5) is 39.7. The molecule has 0 aromatic heterocycles. The van der Waals surface area contributed by atoms with Crippen LogP contribution in [-0.4, -0.2) is 54.8 Å². The number of fused-ring (bicyclic) bond motifs is 1. The van der Waals surface area contributed by atoms with Crippen LogP contribution in [0.5, 0.6) is 0 Å². The number of anilines is 1. The molecule has 26 heavy (non-hydrogen) atoms. The van der Waals surface area contributed by atoms with E-state index in [1.165, 1.54) is 4.90 Å². The van der Waals surface area contributed by atoms with Gasteiger partial charge in [-0.05, 0) is 25.0 Å². The molecule has 0 saturated carbocycles. The highest BCUT2D eigenvalue weighted by atomic mass is 19.1. The van der Waals surface area contributed by atoms with Crippen LogP contribution in [0, 0.1) is 12.7 Å². The van der Waals surface area contributed by atoms with Gasteiger partial charge in [0.15, 0.2) is 5.82 Å². The first-order valence-corrected chi connectivity index (χ1v) is 8.89. The van der Waals surface area contributed by atoms with E-state index >= 15 is 4.39 Å². The molecule has 0 aliphatic carbocycles. The van der Waals surface area contributed by atoms with Crippen molar-refractivity contribution < 1.29 is 18.8 Å². The molecule has 1 atom stereocenters. The number of rotatable bonds is 2. The topological polar surface area (TPSA) is 81.8 Å². The fourth-order valence-electron chi connectivity index (χ4n) is 4.04. The summed E-state index contributed by atoms with van der Waals surface area (Å²) in [7, 11) is 0. The van der Waals surface area contributed by atoms with E-state index in [4.69, 9.17) is 0 Å². The Labute approximate surface area is 150 Å². The molecule has 2 saturated heterocycles.